The molecule has 42 heavy (non-hydrogen) atoms. The minimum Gasteiger partial charge on any atom is -0.507 e. The molecule has 3 atom stereocenters. The lowest BCUT2D eigenvalue weighted by Crippen LogP contribution is -2.42. The Labute approximate surface area is 251 Å². The number of phenols is 1. The van der Waals surface area contributed by atoms with Crippen LogP contribution in [0.25, 0.3) is 11.1 Å². The summed E-state index contributed by atoms with van der Waals surface area (Å²) >= 11 is 0. The SMILES string of the molecule is CCOC(=O)C(C)NP(=O)(NC(C)C(=O)O)Oc1c(C(C)C)cc(-c2cc(C(C)C)c(O)c(C(C)C)c2)cc1C(C)C. The van der Waals surface area contributed by atoms with Crippen LogP contribution in [0.5, 0.6) is 11.5 Å². The summed E-state index contributed by atoms with van der Waals surface area (Å²) in [7, 11) is -4.17. The molecule has 0 aliphatic rings. The minimum absolute atomic E-state index is 0.0588. The van der Waals surface area contributed by atoms with Gasteiger partial charge in [-0.25, -0.2) is 14.7 Å². The number of carbonyl (C=O) groups is 2. The molecular weight excluding hydrogens is 555 g/mol. The molecule has 0 fully saturated rings. The normalized spacial score (nSPS) is 14.7. The van der Waals surface area contributed by atoms with Crippen molar-refractivity contribution in [2.24, 2.45) is 0 Å². The number of aromatic hydroxyl groups is 1. The van der Waals surface area contributed by atoms with Gasteiger partial charge in [0.25, 0.3) is 0 Å². The fourth-order valence-electron chi connectivity index (χ4n) is 4.63. The molecule has 4 N–H and O–H groups in total. The van der Waals surface area contributed by atoms with Crippen molar-refractivity contribution in [3.63, 3.8) is 0 Å². The Morgan fingerprint density at radius 2 is 1.12 bits per heavy atom. The van der Waals surface area contributed by atoms with Crippen molar-refractivity contribution in [2.75, 3.05) is 6.61 Å². The lowest BCUT2D eigenvalue weighted by Gasteiger charge is -2.29. The van der Waals surface area contributed by atoms with Crippen LogP contribution in [0.1, 0.15) is 122 Å². The highest BCUT2D eigenvalue weighted by Gasteiger charge is 2.35. The summed E-state index contributed by atoms with van der Waals surface area (Å²) in [5.74, 6) is -1.07. The first-order valence-electron chi connectivity index (χ1n) is 14.7. The van der Waals surface area contributed by atoms with E-state index in [2.05, 4.69) is 10.2 Å². The third-order valence-electron chi connectivity index (χ3n) is 7.09. The van der Waals surface area contributed by atoms with Gasteiger partial charge >= 0.3 is 19.6 Å². The van der Waals surface area contributed by atoms with Crippen LogP contribution in [0.3, 0.4) is 0 Å². The summed E-state index contributed by atoms with van der Waals surface area (Å²) in [6.07, 6.45) is 0. The van der Waals surface area contributed by atoms with Crippen LogP contribution in [-0.2, 0) is 18.9 Å². The van der Waals surface area contributed by atoms with E-state index >= 15 is 0 Å². The molecule has 234 valence electrons. The number of carbonyl (C=O) groups excluding carboxylic acids is 1. The molecule has 10 heteroatoms. The first-order valence-corrected chi connectivity index (χ1v) is 16.3. The number of rotatable bonds is 14. The molecule has 2 rings (SSSR count). The molecule has 0 aliphatic heterocycles. The monoisotopic (exact) mass is 604 g/mol. The van der Waals surface area contributed by atoms with E-state index in [1.165, 1.54) is 13.8 Å². The molecule has 0 aromatic heterocycles. The van der Waals surface area contributed by atoms with Crippen LogP contribution in [-0.4, -0.2) is 40.8 Å². The molecule has 0 heterocycles. The third kappa shape index (κ3) is 8.59. The molecule has 9 nitrogen and oxygen atoms in total. The predicted molar refractivity (Wildman–Crippen MR) is 168 cm³/mol. The summed E-state index contributed by atoms with van der Waals surface area (Å²) in [6.45, 7) is 20.8. The standard InChI is InChI=1S/C32H49N2O7P/c1-12-40-32(38)22(11)34-42(39,33-21(10)31(36)37)41-30-27(19(6)7)15-24(16-28(30)20(8)9)23-13-25(17(2)3)29(35)26(14-23)18(4)5/h13-22,35H,12H2,1-11H3,(H,36,37)(H2,33,34,39). The van der Waals surface area contributed by atoms with E-state index in [-0.39, 0.29) is 30.3 Å². The van der Waals surface area contributed by atoms with Crippen molar-refractivity contribution in [3.05, 3.63) is 46.5 Å². The summed E-state index contributed by atoms with van der Waals surface area (Å²) in [5, 5.41) is 25.8. The fraction of sp³-hybridized carbons (Fsp3) is 0.562. The van der Waals surface area contributed by atoms with E-state index in [4.69, 9.17) is 9.26 Å². The highest BCUT2D eigenvalue weighted by Crippen LogP contribution is 2.48. The number of ether oxygens (including phenoxy) is 1. The number of esters is 1. The van der Waals surface area contributed by atoms with Gasteiger partial charge in [0.2, 0.25) is 0 Å². The molecule has 3 unspecified atom stereocenters. The van der Waals surface area contributed by atoms with Crippen molar-refractivity contribution in [3.8, 4) is 22.6 Å². The van der Waals surface area contributed by atoms with Crippen LogP contribution in [0, 0.1) is 0 Å². The van der Waals surface area contributed by atoms with Gasteiger partial charge in [0, 0.05) is 0 Å². The van der Waals surface area contributed by atoms with Crippen LogP contribution in [0.2, 0.25) is 0 Å². The maximum Gasteiger partial charge on any atom is 0.391 e. The molecule has 0 amide bonds. The second-order valence-electron chi connectivity index (χ2n) is 12.0. The van der Waals surface area contributed by atoms with Crippen molar-refractivity contribution >= 4 is 19.6 Å². The van der Waals surface area contributed by atoms with E-state index in [1.54, 1.807) is 6.92 Å². The van der Waals surface area contributed by atoms with Gasteiger partial charge < -0.3 is 19.5 Å². The molecule has 0 saturated heterocycles. The summed E-state index contributed by atoms with van der Waals surface area (Å²) in [4.78, 5) is 24.1. The Morgan fingerprint density at radius 3 is 1.48 bits per heavy atom. The lowest BCUT2D eigenvalue weighted by molar-refractivity contribution is -0.144. The van der Waals surface area contributed by atoms with Crippen molar-refractivity contribution in [2.45, 2.75) is 112 Å². The largest absolute Gasteiger partial charge is 0.507 e. The fourth-order valence-corrected chi connectivity index (χ4v) is 6.52. The first kappa shape index (κ1) is 35.3. The molecule has 2 aromatic carbocycles. The number of aliphatic carboxylic acids is 1. The predicted octanol–water partition coefficient (Wildman–Crippen LogP) is 7.64. The van der Waals surface area contributed by atoms with Crippen molar-refractivity contribution in [1.29, 1.82) is 0 Å². The molecule has 0 radical (unpaired) electrons. The second-order valence-corrected chi connectivity index (χ2v) is 13.8. The van der Waals surface area contributed by atoms with Gasteiger partial charge in [-0.1, -0.05) is 55.4 Å². The molecule has 0 spiro atoms. The van der Waals surface area contributed by atoms with Gasteiger partial charge in [0.15, 0.2) is 0 Å². The zero-order valence-corrected chi connectivity index (χ0v) is 27.8. The van der Waals surface area contributed by atoms with Crippen molar-refractivity contribution < 1.29 is 33.6 Å². The summed E-state index contributed by atoms with van der Waals surface area (Å²) in [6, 6.07) is 5.75. The van der Waals surface area contributed by atoms with E-state index in [1.807, 2.05) is 79.7 Å². The number of carboxylic acid groups (broad SMARTS) is 1. The number of nitrogens with one attached hydrogen (secondary N) is 2. The second kappa shape index (κ2) is 14.5. The number of phenolic OH excluding ortho intramolecular Hbond substituents is 1. The Bertz CT molecular complexity index is 1260. The zero-order valence-electron chi connectivity index (χ0n) is 26.9. The third-order valence-corrected chi connectivity index (χ3v) is 8.99. The van der Waals surface area contributed by atoms with Crippen LogP contribution in [0.15, 0.2) is 24.3 Å². The number of benzene rings is 2. The number of hydrogen-bond donors (Lipinski definition) is 4. The van der Waals surface area contributed by atoms with Gasteiger partial charge in [-0.2, -0.15) is 0 Å². The van der Waals surface area contributed by atoms with Crippen LogP contribution >= 0.6 is 7.67 Å². The zero-order chi connectivity index (χ0) is 32.1. The molecule has 0 aliphatic carbocycles. The maximum absolute atomic E-state index is 14.3. The van der Waals surface area contributed by atoms with Crippen LogP contribution < -0.4 is 14.7 Å². The number of carboxylic acids is 1. The topological polar surface area (TPSA) is 134 Å². The van der Waals surface area contributed by atoms with Gasteiger partial charge in [0.05, 0.1) is 6.61 Å². The first-order chi connectivity index (χ1) is 19.4. The Morgan fingerprint density at radius 1 is 0.738 bits per heavy atom. The average Bonchev–Trinajstić information content (AvgIpc) is 2.87. The Hall–Kier alpha value is -2.87. The minimum atomic E-state index is -4.17. The summed E-state index contributed by atoms with van der Waals surface area (Å²) < 4.78 is 25.6. The van der Waals surface area contributed by atoms with Crippen molar-refractivity contribution in [1.82, 2.24) is 10.2 Å². The van der Waals surface area contributed by atoms with E-state index in [0.717, 1.165) is 33.4 Å². The highest BCUT2D eigenvalue weighted by molar-refractivity contribution is 7.55. The van der Waals surface area contributed by atoms with E-state index < -0.39 is 31.7 Å². The molecule has 0 bridgehead atoms. The van der Waals surface area contributed by atoms with Crippen LogP contribution in [0.4, 0.5) is 0 Å². The smallest absolute Gasteiger partial charge is 0.391 e. The van der Waals surface area contributed by atoms with E-state index in [9.17, 15) is 24.4 Å². The summed E-state index contributed by atoms with van der Waals surface area (Å²) in [5.41, 5.74) is 5.15. The van der Waals surface area contributed by atoms with Gasteiger partial charge in [-0.15, -0.1) is 0 Å². The van der Waals surface area contributed by atoms with Gasteiger partial charge in [-0.3, -0.25) is 9.59 Å². The quantitative estimate of drug-likeness (QED) is 0.127. The molecule has 2 aromatic rings. The maximum atomic E-state index is 14.3. The Balaban J connectivity index is 2.80. The molecular formula is C32H49N2O7P. The molecule has 0 saturated carbocycles. The Kier molecular flexibility index (Phi) is 12.2. The van der Waals surface area contributed by atoms with Gasteiger partial charge in [0.1, 0.15) is 23.6 Å². The van der Waals surface area contributed by atoms with E-state index in [0.29, 0.717) is 11.5 Å². The average molecular weight is 605 g/mol. The lowest BCUT2D eigenvalue weighted by atomic mass is 9.86. The van der Waals surface area contributed by atoms with Gasteiger partial charge in [-0.05, 0) is 102 Å². The highest BCUT2D eigenvalue weighted by atomic mass is 31.2. The number of hydrogen-bond acceptors (Lipinski definition) is 6.